The minimum absolute atomic E-state index is 0.178. The zero-order valence-electron chi connectivity index (χ0n) is 14.4. The highest BCUT2D eigenvalue weighted by Gasteiger charge is 2.17. The molecular formula is C19H21NO5. The topological polar surface area (TPSA) is 73.9 Å². The first-order valence-corrected chi connectivity index (χ1v) is 7.78. The number of esters is 1. The summed E-state index contributed by atoms with van der Waals surface area (Å²) < 4.78 is 15.3. The van der Waals surface area contributed by atoms with E-state index >= 15 is 0 Å². The van der Waals surface area contributed by atoms with E-state index in [4.69, 9.17) is 14.2 Å². The lowest BCUT2D eigenvalue weighted by Gasteiger charge is -2.14. The molecule has 0 spiro atoms. The van der Waals surface area contributed by atoms with Crippen molar-refractivity contribution in [1.82, 2.24) is 5.32 Å². The van der Waals surface area contributed by atoms with E-state index in [0.717, 1.165) is 5.56 Å². The molecule has 2 aromatic carbocycles. The summed E-state index contributed by atoms with van der Waals surface area (Å²) in [5, 5.41) is 2.78. The molecule has 0 aliphatic heterocycles. The van der Waals surface area contributed by atoms with Crippen molar-refractivity contribution >= 4 is 11.9 Å². The molecule has 1 atom stereocenters. The van der Waals surface area contributed by atoms with Gasteiger partial charge in [0.2, 0.25) is 0 Å². The summed E-state index contributed by atoms with van der Waals surface area (Å²) in [5.74, 6) is -0.135. The minimum Gasteiger partial charge on any atom is -0.497 e. The molecule has 132 valence electrons. The number of hydrogen-bond acceptors (Lipinski definition) is 5. The van der Waals surface area contributed by atoms with E-state index in [9.17, 15) is 9.59 Å². The van der Waals surface area contributed by atoms with Crippen LogP contribution in [0.25, 0.3) is 0 Å². The number of amides is 1. The number of carbonyl (C=O) groups is 2. The largest absolute Gasteiger partial charge is 0.497 e. The van der Waals surface area contributed by atoms with Gasteiger partial charge in [0, 0.05) is 6.07 Å². The second-order valence-electron chi connectivity index (χ2n) is 5.34. The zero-order chi connectivity index (χ0) is 18.2. The number of nitrogens with one attached hydrogen (secondary N) is 1. The lowest BCUT2D eigenvalue weighted by Crippen LogP contribution is -2.31. The minimum atomic E-state index is -0.637. The van der Waals surface area contributed by atoms with Gasteiger partial charge in [-0.05, 0) is 24.6 Å². The van der Waals surface area contributed by atoms with Gasteiger partial charge < -0.3 is 19.5 Å². The lowest BCUT2D eigenvalue weighted by molar-refractivity contribution is -0.124. The highest BCUT2D eigenvalue weighted by molar-refractivity contribution is 5.94. The molecule has 0 saturated heterocycles. The van der Waals surface area contributed by atoms with Crippen LogP contribution in [0.1, 0.15) is 28.9 Å². The first-order chi connectivity index (χ1) is 12.0. The van der Waals surface area contributed by atoms with Crippen molar-refractivity contribution in [1.29, 1.82) is 0 Å². The maximum absolute atomic E-state index is 12.2. The quantitative estimate of drug-likeness (QED) is 0.783. The van der Waals surface area contributed by atoms with Crippen LogP contribution in [-0.2, 0) is 9.53 Å². The molecule has 0 aliphatic carbocycles. The Kier molecular flexibility index (Phi) is 6.39. The van der Waals surface area contributed by atoms with Gasteiger partial charge in [-0.2, -0.15) is 0 Å². The Morgan fingerprint density at radius 2 is 1.76 bits per heavy atom. The van der Waals surface area contributed by atoms with E-state index in [1.807, 2.05) is 37.3 Å². The Balaban J connectivity index is 1.92. The fourth-order valence-corrected chi connectivity index (χ4v) is 2.28. The molecular weight excluding hydrogens is 322 g/mol. The van der Waals surface area contributed by atoms with E-state index in [2.05, 4.69) is 5.32 Å². The molecule has 0 bridgehead atoms. The number of rotatable bonds is 7. The van der Waals surface area contributed by atoms with E-state index in [0.29, 0.717) is 11.5 Å². The van der Waals surface area contributed by atoms with Crippen molar-refractivity contribution in [2.24, 2.45) is 0 Å². The van der Waals surface area contributed by atoms with Crippen molar-refractivity contribution in [3.05, 3.63) is 59.7 Å². The standard InChI is InChI=1S/C19H21NO5/c1-13(14-7-5-4-6-8-14)20-18(21)12-25-19(22)16-10-9-15(23-2)11-17(16)24-3/h4-11,13H,12H2,1-3H3,(H,20,21). The molecule has 2 aromatic rings. The van der Waals surface area contributed by atoms with Crippen LogP contribution < -0.4 is 14.8 Å². The van der Waals surface area contributed by atoms with Crippen LogP contribution in [-0.4, -0.2) is 32.7 Å². The van der Waals surface area contributed by atoms with Gasteiger partial charge in [0.1, 0.15) is 17.1 Å². The fraction of sp³-hybridized carbons (Fsp3) is 0.263. The Bertz CT molecular complexity index is 730. The van der Waals surface area contributed by atoms with Crippen LogP contribution in [0.2, 0.25) is 0 Å². The normalized spacial score (nSPS) is 11.3. The van der Waals surface area contributed by atoms with Crippen molar-refractivity contribution in [2.45, 2.75) is 13.0 Å². The molecule has 1 N–H and O–H groups in total. The number of benzene rings is 2. The second kappa shape index (κ2) is 8.73. The summed E-state index contributed by atoms with van der Waals surface area (Å²) in [4.78, 5) is 24.1. The summed E-state index contributed by atoms with van der Waals surface area (Å²) in [6, 6.07) is 14.1. The molecule has 0 fully saturated rings. The molecule has 6 nitrogen and oxygen atoms in total. The average Bonchev–Trinajstić information content (AvgIpc) is 2.66. The van der Waals surface area contributed by atoms with E-state index in [-0.39, 0.29) is 24.1 Å². The van der Waals surface area contributed by atoms with Crippen LogP contribution in [0.15, 0.2) is 48.5 Å². The number of carbonyl (C=O) groups excluding carboxylic acids is 2. The number of ether oxygens (including phenoxy) is 3. The smallest absolute Gasteiger partial charge is 0.342 e. The highest BCUT2D eigenvalue weighted by atomic mass is 16.5. The molecule has 25 heavy (non-hydrogen) atoms. The second-order valence-corrected chi connectivity index (χ2v) is 5.34. The molecule has 1 unspecified atom stereocenters. The monoisotopic (exact) mass is 343 g/mol. The summed E-state index contributed by atoms with van der Waals surface area (Å²) in [7, 11) is 2.96. The van der Waals surface area contributed by atoms with Crippen molar-refractivity contribution < 1.29 is 23.8 Å². The van der Waals surface area contributed by atoms with E-state index < -0.39 is 5.97 Å². The van der Waals surface area contributed by atoms with Crippen LogP contribution in [0.3, 0.4) is 0 Å². The van der Waals surface area contributed by atoms with Crippen LogP contribution >= 0.6 is 0 Å². The van der Waals surface area contributed by atoms with Crippen LogP contribution in [0.4, 0.5) is 0 Å². The maximum atomic E-state index is 12.2. The Hall–Kier alpha value is -3.02. The molecule has 6 heteroatoms. The maximum Gasteiger partial charge on any atom is 0.342 e. The molecule has 1 amide bonds. The van der Waals surface area contributed by atoms with Gasteiger partial charge >= 0.3 is 5.97 Å². The Morgan fingerprint density at radius 3 is 2.40 bits per heavy atom. The van der Waals surface area contributed by atoms with E-state index in [1.165, 1.54) is 20.3 Å². The Labute approximate surface area is 146 Å². The van der Waals surface area contributed by atoms with Crippen LogP contribution in [0, 0.1) is 0 Å². The first kappa shape index (κ1) is 18.3. The van der Waals surface area contributed by atoms with Gasteiger partial charge in [0.05, 0.1) is 20.3 Å². The summed E-state index contributed by atoms with van der Waals surface area (Å²) in [6.45, 7) is 1.49. The summed E-state index contributed by atoms with van der Waals surface area (Å²) in [6.07, 6.45) is 0. The number of methoxy groups -OCH3 is 2. The molecule has 0 heterocycles. The molecule has 0 saturated carbocycles. The number of hydrogen-bond donors (Lipinski definition) is 1. The van der Waals surface area contributed by atoms with Gasteiger partial charge in [0.15, 0.2) is 6.61 Å². The summed E-state index contributed by atoms with van der Waals surface area (Å²) >= 11 is 0. The SMILES string of the molecule is COc1ccc(C(=O)OCC(=O)NC(C)c2ccccc2)c(OC)c1. The highest BCUT2D eigenvalue weighted by Crippen LogP contribution is 2.25. The third-order valence-corrected chi connectivity index (χ3v) is 3.64. The average molecular weight is 343 g/mol. The Morgan fingerprint density at radius 1 is 1.04 bits per heavy atom. The van der Waals surface area contributed by atoms with Gasteiger partial charge in [-0.1, -0.05) is 30.3 Å². The molecule has 0 aliphatic rings. The van der Waals surface area contributed by atoms with Crippen molar-refractivity contribution in [3.8, 4) is 11.5 Å². The summed E-state index contributed by atoms with van der Waals surface area (Å²) in [5.41, 5.74) is 1.20. The molecule has 0 aromatic heterocycles. The fourth-order valence-electron chi connectivity index (χ4n) is 2.28. The van der Waals surface area contributed by atoms with Gasteiger partial charge in [-0.15, -0.1) is 0 Å². The van der Waals surface area contributed by atoms with Gasteiger partial charge in [-0.3, -0.25) is 4.79 Å². The molecule has 0 radical (unpaired) electrons. The first-order valence-electron chi connectivity index (χ1n) is 7.78. The third-order valence-electron chi connectivity index (χ3n) is 3.64. The third kappa shape index (κ3) is 4.97. The van der Waals surface area contributed by atoms with Crippen LogP contribution in [0.5, 0.6) is 11.5 Å². The zero-order valence-corrected chi connectivity index (χ0v) is 14.4. The van der Waals surface area contributed by atoms with Gasteiger partial charge in [-0.25, -0.2) is 4.79 Å². The lowest BCUT2D eigenvalue weighted by atomic mass is 10.1. The van der Waals surface area contributed by atoms with Gasteiger partial charge in [0.25, 0.3) is 5.91 Å². The predicted octanol–water partition coefficient (Wildman–Crippen LogP) is 2.74. The van der Waals surface area contributed by atoms with Crippen molar-refractivity contribution in [2.75, 3.05) is 20.8 Å². The predicted molar refractivity (Wildman–Crippen MR) is 92.8 cm³/mol. The molecule has 2 rings (SSSR count). The van der Waals surface area contributed by atoms with Crippen molar-refractivity contribution in [3.63, 3.8) is 0 Å². The van der Waals surface area contributed by atoms with E-state index in [1.54, 1.807) is 12.1 Å².